The van der Waals surface area contributed by atoms with E-state index >= 15 is 0 Å². The molecule has 0 aliphatic heterocycles. The molecule has 0 spiro atoms. The van der Waals surface area contributed by atoms with Crippen molar-refractivity contribution in [3.8, 4) is 0 Å². The normalized spacial score (nSPS) is 21.1. The summed E-state index contributed by atoms with van der Waals surface area (Å²) < 4.78 is 1.25. The van der Waals surface area contributed by atoms with Crippen LogP contribution in [0.3, 0.4) is 0 Å². The van der Waals surface area contributed by atoms with Crippen LogP contribution in [0.1, 0.15) is 65.0 Å². The van der Waals surface area contributed by atoms with Crippen molar-refractivity contribution in [2.45, 2.75) is 72.4 Å². The van der Waals surface area contributed by atoms with Gasteiger partial charge in [0.05, 0.1) is 12.7 Å². The van der Waals surface area contributed by atoms with Gasteiger partial charge in [0.15, 0.2) is 0 Å². The van der Waals surface area contributed by atoms with Crippen molar-refractivity contribution >= 4 is 11.9 Å². The highest BCUT2D eigenvalue weighted by Crippen LogP contribution is 2.42. The highest BCUT2D eigenvalue weighted by atomic mass is 16.4. The minimum Gasteiger partial charge on any atom is -0.480 e. The van der Waals surface area contributed by atoms with E-state index in [0.29, 0.717) is 23.4 Å². The summed E-state index contributed by atoms with van der Waals surface area (Å²) in [5.41, 5.74) is 0.970. The zero-order valence-corrected chi connectivity index (χ0v) is 15.5. The van der Waals surface area contributed by atoms with Crippen molar-refractivity contribution < 1.29 is 14.7 Å². The van der Waals surface area contributed by atoms with E-state index in [0.717, 1.165) is 18.8 Å². The number of carbonyl (C=O) groups excluding carboxylic acids is 1. The third-order valence-corrected chi connectivity index (χ3v) is 5.69. The molecular formula is C18H30N4O3. The average Bonchev–Trinajstić information content (AvgIpc) is 3.00. The lowest BCUT2D eigenvalue weighted by atomic mass is 9.67. The molecule has 1 saturated carbocycles. The minimum atomic E-state index is -0.970. The smallest absolute Gasteiger partial charge is 0.325 e. The molecule has 0 radical (unpaired) electrons. The SMILES string of the molecule is CCC(C)(C)C1CCC(CC(=O)NCc2cn(CC(=O)O)nn2)CC1. The highest BCUT2D eigenvalue weighted by Gasteiger charge is 2.32. The molecule has 1 aliphatic rings. The number of nitrogens with one attached hydrogen (secondary N) is 1. The second-order valence-electron chi connectivity index (χ2n) is 7.84. The fourth-order valence-corrected chi connectivity index (χ4v) is 3.60. The second-order valence-corrected chi connectivity index (χ2v) is 7.84. The quantitative estimate of drug-likeness (QED) is 0.751. The number of nitrogens with zero attached hydrogens (tertiary/aromatic N) is 3. The van der Waals surface area contributed by atoms with Crippen LogP contribution in [0.4, 0.5) is 0 Å². The lowest BCUT2D eigenvalue weighted by Crippen LogP contribution is -2.30. The van der Waals surface area contributed by atoms with Gasteiger partial charge in [-0.05, 0) is 42.9 Å². The number of carboxylic acid groups (broad SMARTS) is 1. The van der Waals surface area contributed by atoms with Gasteiger partial charge in [0.25, 0.3) is 0 Å². The van der Waals surface area contributed by atoms with Gasteiger partial charge in [0.2, 0.25) is 5.91 Å². The number of carbonyl (C=O) groups is 2. The molecule has 140 valence electrons. The van der Waals surface area contributed by atoms with Crippen LogP contribution in [-0.2, 0) is 22.7 Å². The molecule has 1 amide bonds. The van der Waals surface area contributed by atoms with E-state index in [4.69, 9.17) is 5.11 Å². The van der Waals surface area contributed by atoms with Crippen molar-refractivity contribution in [1.29, 1.82) is 0 Å². The van der Waals surface area contributed by atoms with Gasteiger partial charge in [-0.15, -0.1) is 5.10 Å². The number of rotatable bonds is 8. The molecule has 0 unspecified atom stereocenters. The highest BCUT2D eigenvalue weighted by molar-refractivity contribution is 5.76. The second kappa shape index (κ2) is 8.45. The molecule has 1 aromatic heterocycles. The zero-order valence-electron chi connectivity index (χ0n) is 15.5. The molecule has 7 nitrogen and oxygen atoms in total. The standard InChI is InChI=1S/C18H30N4O3/c1-4-18(2,3)14-7-5-13(6-8-14)9-16(23)19-10-15-11-22(21-20-15)12-17(24)25/h11,13-14H,4-10,12H2,1-3H3,(H,19,23)(H,24,25). The van der Waals surface area contributed by atoms with Crippen LogP contribution < -0.4 is 5.32 Å². The lowest BCUT2D eigenvalue weighted by Gasteiger charge is -2.38. The molecule has 0 aromatic carbocycles. The van der Waals surface area contributed by atoms with Crippen molar-refractivity contribution in [3.63, 3.8) is 0 Å². The number of aliphatic carboxylic acids is 1. The summed E-state index contributed by atoms with van der Waals surface area (Å²) in [7, 11) is 0. The molecule has 25 heavy (non-hydrogen) atoms. The fourth-order valence-electron chi connectivity index (χ4n) is 3.60. The van der Waals surface area contributed by atoms with E-state index in [1.54, 1.807) is 6.20 Å². The van der Waals surface area contributed by atoms with Gasteiger partial charge < -0.3 is 10.4 Å². The molecule has 2 N–H and O–H groups in total. The molecule has 0 saturated heterocycles. The van der Waals surface area contributed by atoms with Gasteiger partial charge >= 0.3 is 5.97 Å². The first-order chi connectivity index (χ1) is 11.8. The Kier molecular flexibility index (Phi) is 6.56. The summed E-state index contributed by atoms with van der Waals surface area (Å²) in [4.78, 5) is 22.8. The molecule has 7 heteroatoms. The van der Waals surface area contributed by atoms with Crippen LogP contribution in [0, 0.1) is 17.3 Å². The van der Waals surface area contributed by atoms with E-state index in [9.17, 15) is 9.59 Å². The Morgan fingerprint density at radius 2 is 2.00 bits per heavy atom. The van der Waals surface area contributed by atoms with Gasteiger partial charge in [-0.2, -0.15) is 0 Å². The van der Waals surface area contributed by atoms with Crippen LogP contribution in [-0.4, -0.2) is 32.0 Å². The maximum Gasteiger partial charge on any atom is 0.325 e. The van der Waals surface area contributed by atoms with Gasteiger partial charge in [-0.1, -0.05) is 32.4 Å². The zero-order chi connectivity index (χ0) is 18.4. The Labute approximate surface area is 149 Å². The average molecular weight is 350 g/mol. The molecule has 1 aliphatic carbocycles. The first-order valence-electron chi connectivity index (χ1n) is 9.17. The first-order valence-corrected chi connectivity index (χ1v) is 9.17. The van der Waals surface area contributed by atoms with Crippen molar-refractivity contribution in [3.05, 3.63) is 11.9 Å². The monoisotopic (exact) mass is 350 g/mol. The van der Waals surface area contributed by atoms with E-state index in [-0.39, 0.29) is 19.0 Å². The fraction of sp³-hybridized carbons (Fsp3) is 0.778. The molecule has 2 rings (SSSR count). The Hall–Kier alpha value is -1.92. The summed E-state index contributed by atoms with van der Waals surface area (Å²) in [6.07, 6.45) is 7.97. The Morgan fingerprint density at radius 1 is 1.32 bits per heavy atom. The molecule has 0 atom stereocenters. The van der Waals surface area contributed by atoms with Gasteiger partial charge in [-0.3, -0.25) is 9.59 Å². The number of aromatic nitrogens is 3. The number of amides is 1. The first kappa shape index (κ1) is 19.4. The van der Waals surface area contributed by atoms with Crippen molar-refractivity contribution in [2.75, 3.05) is 0 Å². The third kappa shape index (κ3) is 5.83. The molecule has 0 bridgehead atoms. The van der Waals surface area contributed by atoms with Gasteiger partial charge in [-0.25, -0.2) is 4.68 Å². The van der Waals surface area contributed by atoms with E-state index in [1.165, 1.54) is 23.9 Å². The maximum atomic E-state index is 12.1. The predicted molar refractivity (Wildman–Crippen MR) is 93.6 cm³/mol. The van der Waals surface area contributed by atoms with Crippen LogP contribution >= 0.6 is 0 Å². The van der Waals surface area contributed by atoms with E-state index < -0.39 is 5.97 Å². The lowest BCUT2D eigenvalue weighted by molar-refractivity contribution is -0.138. The molecule has 1 fully saturated rings. The van der Waals surface area contributed by atoms with Crippen LogP contribution in [0.2, 0.25) is 0 Å². The largest absolute Gasteiger partial charge is 0.480 e. The predicted octanol–water partition coefficient (Wildman–Crippen LogP) is 2.61. The van der Waals surface area contributed by atoms with Crippen LogP contribution in [0.25, 0.3) is 0 Å². The topological polar surface area (TPSA) is 97.1 Å². The van der Waals surface area contributed by atoms with E-state index in [2.05, 4.69) is 36.4 Å². The third-order valence-electron chi connectivity index (χ3n) is 5.69. The summed E-state index contributed by atoms with van der Waals surface area (Å²) in [6, 6.07) is 0. The Bertz CT molecular complexity index is 589. The number of hydrogen-bond acceptors (Lipinski definition) is 4. The van der Waals surface area contributed by atoms with Crippen LogP contribution in [0.5, 0.6) is 0 Å². The summed E-state index contributed by atoms with van der Waals surface area (Å²) in [6.45, 7) is 7.02. The summed E-state index contributed by atoms with van der Waals surface area (Å²) in [5.74, 6) is 0.293. The van der Waals surface area contributed by atoms with Gasteiger partial charge in [0.1, 0.15) is 12.2 Å². The Balaban J connectivity index is 1.71. The van der Waals surface area contributed by atoms with Crippen LogP contribution in [0.15, 0.2) is 6.20 Å². The maximum absolute atomic E-state index is 12.1. The summed E-state index contributed by atoms with van der Waals surface area (Å²) in [5, 5.41) is 19.2. The van der Waals surface area contributed by atoms with Gasteiger partial charge in [0, 0.05) is 6.42 Å². The van der Waals surface area contributed by atoms with Crippen molar-refractivity contribution in [2.24, 2.45) is 17.3 Å². The molecule has 1 heterocycles. The molecular weight excluding hydrogens is 320 g/mol. The summed E-state index contributed by atoms with van der Waals surface area (Å²) >= 11 is 0. The minimum absolute atomic E-state index is 0.0333. The Morgan fingerprint density at radius 3 is 2.60 bits per heavy atom. The molecule has 1 aromatic rings. The number of hydrogen-bond donors (Lipinski definition) is 2. The van der Waals surface area contributed by atoms with Crippen molar-refractivity contribution in [1.82, 2.24) is 20.3 Å². The van der Waals surface area contributed by atoms with E-state index in [1.807, 2.05) is 0 Å². The number of carboxylic acids is 1.